The van der Waals surface area contributed by atoms with Crippen molar-refractivity contribution in [3.63, 3.8) is 0 Å². The Balaban J connectivity index is 1.53. The highest BCUT2D eigenvalue weighted by Crippen LogP contribution is 2.36. The first-order valence-electron chi connectivity index (χ1n) is 10.2. The van der Waals surface area contributed by atoms with E-state index < -0.39 is 0 Å². The molecule has 2 unspecified atom stereocenters. The van der Waals surface area contributed by atoms with Gasteiger partial charge in [-0.2, -0.15) is 0 Å². The van der Waals surface area contributed by atoms with Crippen LogP contribution in [0.25, 0.3) is 10.2 Å². The van der Waals surface area contributed by atoms with Gasteiger partial charge in [-0.25, -0.2) is 9.78 Å². The third kappa shape index (κ3) is 3.55. The van der Waals surface area contributed by atoms with E-state index in [2.05, 4.69) is 23.7 Å². The number of carbonyl (C=O) groups is 1. The summed E-state index contributed by atoms with van der Waals surface area (Å²) in [6, 6.07) is -0.000466. The Kier molecular flexibility index (Phi) is 5.42. The lowest BCUT2D eigenvalue weighted by Crippen LogP contribution is -2.49. The number of rotatable bonds is 3. The third-order valence-corrected chi connectivity index (χ3v) is 7.12. The van der Waals surface area contributed by atoms with Crippen LogP contribution >= 0.6 is 11.3 Å². The highest BCUT2D eigenvalue weighted by molar-refractivity contribution is 7.18. The first-order chi connectivity index (χ1) is 13.5. The number of hydrogen-bond acceptors (Lipinski definition) is 6. The highest BCUT2D eigenvalue weighted by atomic mass is 32.1. The Bertz CT molecular complexity index is 929. The lowest BCUT2D eigenvalue weighted by molar-refractivity contribution is 0.0673. The molecule has 1 aliphatic heterocycles. The minimum Gasteiger partial charge on any atom is -0.450 e. The molecular formula is C20H28N4O3S. The fourth-order valence-corrected chi connectivity index (χ4v) is 5.63. The minimum absolute atomic E-state index is 0.000466. The Morgan fingerprint density at radius 2 is 2.11 bits per heavy atom. The molecule has 8 heteroatoms. The summed E-state index contributed by atoms with van der Waals surface area (Å²) in [5.41, 5.74) is 1.21. The van der Waals surface area contributed by atoms with E-state index in [1.807, 2.05) is 6.92 Å². The Labute approximate surface area is 168 Å². The Hall–Kier alpha value is -1.93. The van der Waals surface area contributed by atoms with E-state index in [4.69, 9.17) is 9.72 Å². The minimum atomic E-state index is -0.249. The molecule has 28 heavy (non-hydrogen) atoms. The van der Waals surface area contributed by atoms with Crippen LogP contribution in [0.3, 0.4) is 0 Å². The number of aromatic amines is 1. The topological polar surface area (TPSA) is 78.5 Å². The normalized spacial score (nSPS) is 21.5. The molecule has 3 heterocycles. The largest absolute Gasteiger partial charge is 0.450 e. The van der Waals surface area contributed by atoms with Crippen molar-refractivity contribution >= 4 is 27.6 Å². The van der Waals surface area contributed by atoms with Crippen molar-refractivity contribution in [2.24, 2.45) is 5.92 Å². The number of ether oxygens (including phenoxy) is 1. The number of H-pyrrole nitrogens is 1. The molecule has 1 saturated heterocycles. The van der Waals surface area contributed by atoms with Gasteiger partial charge in [0.25, 0.3) is 5.56 Å². The Morgan fingerprint density at radius 1 is 1.36 bits per heavy atom. The lowest BCUT2D eigenvalue weighted by atomic mass is 9.89. The first-order valence-corrected chi connectivity index (χ1v) is 11.0. The smallest absolute Gasteiger partial charge is 0.409 e. The van der Waals surface area contributed by atoms with Gasteiger partial charge in [0.1, 0.15) is 10.7 Å². The molecule has 1 fully saturated rings. The second-order valence-corrected chi connectivity index (χ2v) is 8.96. The molecule has 7 nitrogen and oxygen atoms in total. The van der Waals surface area contributed by atoms with E-state index in [0.717, 1.165) is 42.6 Å². The zero-order valence-corrected chi connectivity index (χ0v) is 17.6. The van der Waals surface area contributed by atoms with E-state index in [1.54, 1.807) is 16.2 Å². The van der Waals surface area contributed by atoms with Crippen LogP contribution in [-0.2, 0) is 17.6 Å². The molecule has 4 rings (SSSR count). The highest BCUT2D eigenvalue weighted by Gasteiger charge is 2.28. The number of thiophene rings is 1. The van der Waals surface area contributed by atoms with Crippen molar-refractivity contribution < 1.29 is 9.53 Å². The third-order valence-electron chi connectivity index (χ3n) is 5.97. The van der Waals surface area contributed by atoms with Crippen LogP contribution in [0.2, 0.25) is 0 Å². The molecule has 2 aromatic heterocycles. The standard InChI is InChI=1S/C20H28N4O3S/c1-4-27-20(26)24-9-7-23(8-10-24)13(3)17-21-18(25)16-14-6-5-12(2)11-15(14)28-19(16)22-17/h12-13H,4-11H2,1-3H3,(H,21,22,25). The van der Waals surface area contributed by atoms with Crippen LogP contribution < -0.4 is 5.56 Å². The van der Waals surface area contributed by atoms with Crippen LogP contribution in [0, 0.1) is 5.92 Å². The molecule has 0 aromatic carbocycles. The van der Waals surface area contributed by atoms with E-state index in [9.17, 15) is 9.59 Å². The number of aryl methyl sites for hydroxylation is 1. The molecule has 1 amide bonds. The maximum Gasteiger partial charge on any atom is 0.409 e. The monoisotopic (exact) mass is 404 g/mol. The van der Waals surface area contributed by atoms with Crippen LogP contribution in [0.5, 0.6) is 0 Å². The van der Waals surface area contributed by atoms with Crippen molar-refractivity contribution in [3.05, 3.63) is 26.6 Å². The van der Waals surface area contributed by atoms with Gasteiger partial charge in [0.15, 0.2) is 0 Å². The lowest BCUT2D eigenvalue weighted by Gasteiger charge is -2.36. The number of nitrogens with zero attached hydrogens (tertiary/aromatic N) is 3. The molecule has 2 aromatic rings. The molecule has 0 bridgehead atoms. The molecule has 0 saturated carbocycles. The second kappa shape index (κ2) is 7.83. The van der Waals surface area contributed by atoms with Gasteiger partial charge >= 0.3 is 6.09 Å². The number of hydrogen-bond donors (Lipinski definition) is 1. The molecule has 0 radical (unpaired) electrons. The van der Waals surface area contributed by atoms with Gasteiger partial charge in [-0.15, -0.1) is 11.3 Å². The van der Waals surface area contributed by atoms with E-state index in [1.165, 1.54) is 10.4 Å². The van der Waals surface area contributed by atoms with Gasteiger partial charge in [-0.1, -0.05) is 6.92 Å². The van der Waals surface area contributed by atoms with E-state index in [0.29, 0.717) is 31.4 Å². The number of piperazine rings is 1. The summed E-state index contributed by atoms with van der Waals surface area (Å²) in [6.07, 6.45) is 2.92. The average molecular weight is 405 g/mol. The molecule has 2 atom stereocenters. The van der Waals surface area contributed by atoms with Crippen molar-refractivity contribution in [1.82, 2.24) is 19.8 Å². The summed E-state index contributed by atoms with van der Waals surface area (Å²) in [5, 5.41) is 0.801. The van der Waals surface area contributed by atoms with Gasteiger partial charge in [0, 0.05) is 31.1 Å². The van der Waals surface area contributed by atoms with Gasteiger partial charge < -0.3 is 14.6 Å². The summed E-state index contributed by atoms with van der Waals surface area (Å²) < 4.78 is 5.08. The number of aromatic nitrogens is 2. The van der Waals surface area contributed by atoms with Gasteiger partial charge in [-0.3, -0.25) is 9.69 Å². The predicted octanol–water partition coefficient (Wildman–Crippen LogP) is 2.94. The summed E-state index contributed by atoms with van der Waals surface area (Å²) in [6.45, 7) is 9.28. The van der Waals surface area contributed by atoms with Crippen LogP contribution in [0.4, 0.5) is 4.79 Å². The fraction of sp³-hybridized carbons (Fsp3) is 0.650. The molecule has 2 aliphatic rings. The quantitative estimate of drug-likeness (QED) is 0.851. The van der Waals surface area contributed by atoms with Gasteiger partial charge in [-0.05, 0) is 44.6 Å². The van der Waals surface area contributed by atoms with Crippen LogP contribution in [-0.4, -0.2) is 58.6 Å². The van der Waals surface area contributed by atoms with Crippen molar-refractivity contribution in [2.75, 3.05) is 32.8 Å². The molecular weight excluding hydrogens is 376 g/mol. The second-order valence-electron chi connectivity index (χ2n) is 7.88. The van der Waals surface area contributed by atoms with Crippen molar-refractivity contribution in [1.29, 1.82) is 0 Å². The summed E-state index contributed by atoms with van der Waals surface area (Å²) in [7, 11) is 0. The number of carbonyl (C=O) groups excluding carboxylic acids is 1. The Morgan fingerprint density at radius 3 is 2.82 bits per heavy atom. The first kappa shape index (κ1) is 19.4. The number of fused-ring (bicyclic) bond motifs is 3. The molecule has 0 spiro atoms. The number of amides is 1. The average Bonchev–Trinajstić information content (AvgIpc) is 3.05. The summed E-state index contributed by atoms with van der Waals surface area (Å²) >= 11 is 1.69. The van der Waals surface area contributed by atoms with E-state index in [-0.39, 0.29) is 17.7 Å². The van der Waals surface area contributed by atoms with Gasteiger partial charge in [0.2, 0.25) is 0 Å². The SMILES string of the molecule is CCOC(=O)N1CCN(C(C)c2nc3sc4c(c3c(=O)[nH]2)CCC(C)C4)CC1. The van der Waals surface area contributed by atoms with E-state index >= 15 is 0 Å². The molecule has 1 aliphatic carbocycles. The zero-order chi connectivity index (χ0) is 19.8. The van der Waals surface area contributed by atoms with Crippen LogP contribution in [0.1, 0.15) is 49.5 Å². The van der Waals surface area contributed by atoms with Crippen LogP contribution in [0.15, 0.2) is 4.79 Å². The van der Waals surface area contributed by atoms with Crippen molar-refractivity contribution in [3.8, 4) is 0 Å². The zero-order valence-electron chi connectivity index (χ0n) is 16.8. The fourth-order valence-electron chi connectivity index (χ4n) is 4.24. The number of nitrogens with one attached hydrogen (secondary N) is 1. The predicted molar refractivity (Wildman–Crippen MR) is 110 cm³/mol. The summed E-state index contributed by atoms with van der Waals surface area (Å²) in [4.78, 5) is 38.8. The van der Waals surface area contributed by atoms with Gasteiger partial charge in [0.05, 0.1) is 18.0 Å². The maximum absolute atomic E-state index is 12.8. The molecule has 152 valence electrons. The maximum atomic E-state index is 12.8. The van der Waals surface area contributed by atoms with Crippen molar-refractivity contribution in [2.45, 2.75) is 46.1 Å². The molecule has 1 N–H and O–H groups in total. The summed E-state index contributed by atoms with van der Waals surface area (Å²) in [5.74, 6) is 1.39.